The van der Waals surface area contributed by atoms with Crippen molar-refractivity contribution in [3.63, 3.8) is 0 Å². The Labute approximate surface area is 154 Å². The number of aromatic nitrogens is 2. The first-order valence-corrected chi connectivity index (χ1v) is 9.23. The van der Waals surface area contributed by atoms with Crippen LogP contribution in [0.3, 0.4) is 0 Å². The molecule has 3 N–H and O–H groups in total. The van der Waals surface area contributed by atoms with Gasteiger partial charge in [0.2, 0.25) is 0 Å². The number of nitrogens with zero attached hydrogens (tertiary/aromatic N) is 2. The van der Waals surface area contributed by atoms with Gasteiger partial charge in [-0.2, -0.15) is 0 Å². The lowest BCUT2D eigenvalue weighted by atomic mass is 10.1. The van der Waals surface area contributed by atoms with E-state index in [9.17, 15) is 4.39 Å². The van der Waals surface area contributed by atoms with Gasteiger partial charge in [0, 0.05) is 17.1 Å². The van der Waals surface area contributed by atoms with Gasteiger partial charge in [-0.1, -0.05) is 33.8 Å². The van der Waals surface area contributed by atoms with Gasteiger partial charge in [-0.15, -0.1) is 0 Å². The van der Waals surface area contributed by atoms with Gasteiger partial charge < -0.3 is 11.1 Å². The molecule has 0 radical (unpaired) electrons. The number of nitrogens with one attached hydrogen (secondary N) is 1. The van der Waals surface area contributed by atoms with Crippen molar-refractivity contribution >= 4 is 22.4 Å². The Bertz CT molecular complexity index is 864. The number of hydrogen-bond acceptors (Lipinski definition) is 4. The third-order valence-electron chi connectivity index (χ3n) is 4.10. The second kappa shape index (κ2) is 9.13. The van der Waals surface area contributed by atoms with Crippen molar-refractivity contribution in [3.05, 3.63) is 59.7 Å². The number of anilines is 2. The average Bonchev–Trinajstić information content (AvgIpc) is 3.07. The molecule has 1 unspecified atom stereocenters. The van der Waals surface area contributed by atoms with Gasteiger partial charge in [-0.05, 0) is 54.3 Å². The SMILES string of the molecule is CC.CC.Nc1ccc2c(c1)CC(Nc1ncnc3ccc(F)cc13)C2. The Morgan fingerprint density at radius 1 is 0.962 bits per heavy atom. The summed E-state index contributed by atoms with van der Waals surface area (Å²) >= 11 is 0. The lowest BCUT2D eigenvalue weighted by Crippen LogP contribution is -2.20. The quantitative estimate of drug-likeness (QED) is 0.637. The molecule has 3 aromatic rings. The Morgan fingerprint density at radius 3 is 2.46 bits per heavy atom. The Kier molecular flexibility index (Phi) is 6.89. The van der Waals surface area contributed by atoms with Crippen molar-refractivity contribution < 1.29 is 4.39 Å². The van der Waals surface area contributed by atoms with Crippen molar-refractivity contribution in [2.45, 2.75) is 46.6 Å². The van der Waals surface area contributed by atoms with Crippen LogP contribution in [0.25, 0.3) is 10.9 Å². The molecule has 0 saturated heterocycles. The largest absolute Gasteiger partial charge is 0.399 e. The van der Waals surface area contributed by atoms with Crippen molar-refractivity contribution in [2.75, 3.05) is 11.1 Å². The van der Waals surface area contributed by atoms with E-state index >= 15 is 0 Å². The van der Waals surface area contributed by atoms with Gasteiger partial charge in [-0.3, -0.25) is 0 Å². The third-order valence-corrected chi connectivity index (χ3v) is 4.10. The minimum atomic E-state index is -0.284. The molecule has 4 rings (SSSR count). The molecule has 1 aliphatic rings. The van der Waals surface area contributed by atoms with Gasteiger partial charge in [0.25, 0.3) is 0 Å². The van der Waals surface area contributed by atoms with Crippen LogP contribution in [0, 0.1) is 5.82 Å². The third kappa shape index (κ3) is 4.28. The van der Waals surface area contributed by atoms with Crippen LogP contribution in [-0.2, 0) is 12.8 Å². The molecule has 1 aromatic heterocycles. The first-order chi connectivity index (χ1) is 12.7. The van der Waals surface area contributed by atoms with Crippen LogP contribution in [0.2, 0.25) is 0 Å². The molecule has 0 amide bonds. The Balaban J connectivity index is 0.000000570. The monoisotopic (exact) mass is 354 g/mol. The van der Waals surface area contributed by atoms with E-state index in [2.05, 4.69) is 21.4 Å². The molecule has 0 saturated carbocycles. The van der Waals surface area contributed by atoms with Crippen molar-refractivity contribution in [2.24, 2.45) is 0 Å². The van der Waals surface area contributed by atoms with Gasteiger partial charge >= 0.3 is 0 Å². The van der Waals surface area contributed by atoms with Gasteiger partial charge in [-0.25, -0.2) is 14.4 Å². The maximum Gasteiger partial charge on any atom is 0.137 e. The molecule has 2 aromatic carbocycles. The highest BCUT2D eigenvalue weighted by atomic mass is 19.1. The number of rotatable bonds is 2. The predicted octanol–water partition coefficient (Wildman–Crippen LogP) is 4.98. The van der Waals surface area contributed by atoms with Crippen molar-refractivity contribution in [1.29, 1.82) is 0 Å². The second-order valence-electron chi connectivity index (χ2n) is 5.66. The summed E-state index contributed by atoms with van der Waals surface area (Å²) in [5.74, 6) is 0.392. The van der Waals surface area contributed by atoms with Crippen LogP contribution in [0.15, 0.2) is 42.7 Å². The van der Waals surface area contributed by atoms with Crippen molar-refractivity contribution in [1.82, 2.24) is 9.97 Å². The minimum Gasteiger partial charge on any atom is -0.399 e. The fourth-order valence-corrected chi connectivity index (χ4v) is 3.08. The molecule has 138 valence electrons. The number of nitrogens with two attached hydrogens (primary N) is 1. The summed E-state index contributed by atoms with van der Waals surface area (Å²) in [6.45, 7) is 8.00. The summed E-state index contributed by atoms with van der Waals surface area (Å²) in [6, 6.07) is 10.8. The Morgan fingerprint density at radius 2 is 1.69 bits per heavy atom. The first-order valence-electron chi connectivity index (χ1n) is 9.23. The summed E-state index contributed by atoms with van der Waals surface area (Å²) in [7, 11) is 0. The van der Waals surface area contributed by atoms with Crippen LogP contribution in [-0.4, -0.2) is 16.0 Å². The lowest BCUT2D eigenvalue weighted by Gasteiger charge is -2.14. The van der Waals surface area contributed by atoms with E-state index in [-0.39, 0.29) is 11.9 Å². The van der Waals surface area contributed by atoms with Crippen molar-refractivity contribution in [3.8, 4) is 0 Å². The zero-order valence-corrected chi connectivity index (χ0v) is 15.9. The Hall–Kier alpha value is -2.69. The van der Waals surface area contributed by atoms with Crippen LogP contribution >= 0.6 is 0 Å². The maximum atomic E-state index is 13.5. The summed E-state index contributed by atoms with van der Waals surface area (Å²) in [5.41, 5.74) is 9.93. The fourth-order valence-electron chi connectivity index (χ4n) is 3.08. The molecule has 1 aliphatic carbocycles. The molecule has 1 heterocycles. The van der Waals surface area contributed by atoms with E-state index in [0.29, 0.717) is 11.2 Å². The zero-order valence-electron chi connectivity index (χ0n) is 15.9. The summed E-state index contributed by atoms with van der Waals surface area (Å²) < 4.78 is 13.5. The van der Waals surface area contributed by atoms with Crippen LogP contribution in [0.5, 0.6) is 0 Å². The molecule has 0 aliphatic heterocycles. The molecular formula is C21H27FN4. The highest BCUT2D eigenvalue weighted by Gasteiger charge is 2.22. The number of hydrogen-bond donors (Lipinski definition) is 2. The van der Waals surface area contributed by atoms with E-state index < -0.39 is 0 Å². The fraction of sp³-hybridized carbons (Fsp3) is 0.333. The van der Waals surface area contributed by atoms with Crippen LogP contribution in [0.1, 0.15) is 38.8 Å². The second-order valence-corrected chi connectivity index (χ2v) is 5.66. The van der Waals surface area contributed by atoms with E-state index in [1.807, 2.05) is 39.8 Å². The zero-order chi connectivity index (χ0) is 19.1. The number of halogens is 1. The molecular weight excluding hydrogens is 327 g/mol. The molecule has 4 nitrogen and oxygen atoms in total. The standard InChI is InChI=1S/C17H15FN4.2C2H6/c18-12-2-4-16-15(8-12)17(21-9-20-16)22-14-6-10-1-3-13(19)5-11(10)7-14;2*1-2/h1-5,8-9,14H,6-7,19H2,(H,20,21,22);2*1-2H3. The predicted molar refractivity (Wildman–Crippen MR) is 108 cm³/mol. The molecule has 26 heavy (non-hydrogen) atoms. The smallest absolute Gasteiger partial charge is 0.137 e. The number of fused-ring (bicyclic) bond motifs is 2. The van der Waals surface area contributed by atoms with Crippen LogP contribution < -0.4 is 11.1 Å². The summed E-state index contributed by atoms with van der Waals surface area (Å²) in [5, 5.41) is 4.13. The number of benzene rings is 2. The molecule has 5 heteroatoms. The van der Waals surface area contributed by atoms with Gasteiger partial charge in [0.05, 0.1) is 5.52 Å². The highest BCUT2D eigenvalue weighted by Crippen LogP contribution is 2.28. The first kappa shape index (κ1) is 19.6. The van der Waals surface area contributed by atoms with E-state index in [1.165, 1.54) is 29.6 Å². The lowest BCUT2D eigenvalue weighted by molar-refractivity contribution is 0.629. The average molecular weight is 354 g/mol. The van der Waals surface area contributed by atoms with E-state index in [0.717, 1.165) is 24.0 Å². The maximum absolute atomic E-state index is 13.5. The minimum absolute atomic E-state index is 0.234. The normalized spacial score (nSPS) is 14.6. The molecule has 1 atom stereocenters. The number of nitrogen functional groups attached to an aromatic ring is 1. The van der Waals surface area contributed by atoms with E-state index in [4.69, 9.17) is 5.73 Å². The highest BCUT2D eigenvalue weighted by molar-refractivity contribution is 5.88. The van der Waals surface area contributed by atoms with E-state index in [1.54, 1.807) is 6.07 Å². The van der Waals surface area contributed by atoms with Crippen LogP contribution in [0.4, 0.5) is 15.9 Å². The van der Waals surface area contributed by atoms with Gasteiger partial charge in [0.15, 0.2) is 0 Å². The topological polar surface area (TPSA) is 63.8 Å². The molecule has 0 spiro atoms. The molecule has 0 bridgehead atoms. The molecule has 0 fully saturated rings. The summed E-state index contributed by atoms with van der Waals surface area (Å²) in [6.07, 6.45) is 3.31. The summed E-state index contributed by atoms with van der Waals surface area (Å²) in [4.78, 5) is 8.45. The van der Waals surface area contributed by atoms with Gasteiger partial charge in [0.1, 0.15) is 18.0 Å².